The van der Waals surface area contributed by atoms with Gasteiger partial charge < -0.3 is 5.11 Å². The van der Waals surface area contributed by atoms with Gasteiger partial charge in [0, 0.05) is 5.56 Å². The summed E-state index contributed by atoms with van der Waals surface area (Å²) in [5, 5.41) is 9.27. The van der Waals surface area contributed by atoms with E-state index in [9.17, 15) is 9.50 Å². The standard InChI is InChI=1S/C14H14FNO/c1-10(17)8-11-2-4-12(5-3-11)14-7-6-13(15)9-16-14/h2-7,9-10,17H,8H2,1H3. The van der Waals surface area contributed by atoms with Crippen molar-refractivity contribution < 1.29 is 9.50 Å². The van der Waals surface area contributed by atoms with Gasteiger partial charge in [0.15, 0.2) is 0 Å². The molecule has 1 heterocycles. The molecular weight excluding hydrogens is 217 g/mol. The van der Waals surface area contributed by atoms with Crippen LogP contribution in [0.1, 0.15) is 12.5 Å². The first-order valence-corrected chi connectivity index (χ1v) is 5.54. The molecule has 0 saturated carbocycles. The average Bonchev–Trinajstić information content (AvgIpc) is 2.30. The summed E-state index contributed by atoms with van der Waals surface area (Å²) in [6, 6.07) is 10.8. The van der Waals surface area contributed by atoms with Crippen molar-refractivity contribution in [2.24, 2.45) is 0 Å². The van der Waals surface area contributed by atoms with E-state index in [0.717, 1.165) is 16.8 Å². The summed E-state index contributed by atoms with van der Waals surface area (Å²) in [6.07, 6.45) is 1.50. The summed E-state index contributed by atoms with van der Waals surface area (Å²) in [5.74, 6) is -0.334. The highest BCUT2D eigenvalue weighted by molar-refractivity contribution is 5.59. The summed E-state index contributed by atoms with van der Waals surface area (Å²) >= 11 is 0. The van der Waals surface area contributed by atoms with Gasteiger partial charge >= 0.3 is 0 Å². The Morgan fingerprint density at radius 2 is 1.88 bits per heavy atom. The molecule has 0 aliphatic carbocycles. The molecule has 0 spiro atoms. The molecule has 1 unspecified atom stereocenters. The highest BCUT2D eigenvalue weighted by Crippen LogP contribution is 2.18. The molecule has 0 fully saturated rings. The lowest BCUT2D eigenvalue weighted by Crippen LogP contribution is -2.03. The number of aliphatic hydroxyl groups excluding tert-OH is 1. The summed E-state index contributed by atoms with van der Waals surface area (Å²) in [7, 11) is 0. The van der Waals surface area contributed by atoms with E-state index in [0.29, 0.717) is 6.42 Å². The van der Waals surface area contributed by atoms with Gasteiger partial charge in [0.2, 0.25) is 0 Å². The van der Waals surface area contributed by atoms with Gasteiger partial charge in [0.05, 0.1) is 18.0 Å². The fourth-order valence-corrected chi connectivity index (χ4v) is 1.70. The molecule has 1 atom stereocenters. The summed E-state index contributed by atoms with van der Waals surface area (Å²) in [5.41, 5.74) is 2.76. The molecule has 0 amide bonds. The van der Waals surface area contributed by atoms with E-state index in [-0.39, 0.29) is 11.9 Å². The van der Waals surface area contributed by atoms with Crippen LogP contribution in [0.2, 0.25) is 0 Å². The zero-order chi connectivity index (χ0) is 12.3. The molecule has 88 valence electrons. The van der Waals surface area contributed by atoms with Crippen molar-refractivity contribution in [2.45, 2.75) is 19.4 Å². The number of aliphatic hydroxyl groups is 1. The minimum atomic E-state index is -0.343. The molecule has 3 heteroatoms. The van der Waals surface area contributed by atoms with Crippen molar-refractivity contribution >= 4 is 0 Å². The topological polar surface area (TPSA) is 33.1 Å². The molecule has 2 rings (SSSR count). The largest absolute Gasteiger partial charge is 0.393 e. The molecular formula is C14H14FNO. The van der Waals surface area contributed by atoms with Crippen LogP contribution in [0.15, 0.2) is 42.6 Å². The maximum Gasteiger partial charge on any atom is 0.141 e. The van der Waals surface area contributed by atoms with Crippen LogP contribution in [-0.2, 0) is 6.42 Å². The third kappa shape index (κ3) is 3.11. The summed E-state index contributed by atoms with van der Waals surface area (Å²) in [4.78, 5) is 4.01. The van der Waals surface area contributed by atoms with Gasteiger partial charge in [-0.3, -0.25) is 4.98 Å². The molecule has 2 nitrogen and oxygen atoms in total. The van der Waals surface area contributed by atoms with Crippen molar-refractivity contribution in [1.82, 2.24) is 4.98 Å². The van der Waals surface area contributed by atoms with Crippen molar-refractivity contribution in [2.75, 3.05) is 0 Å². The van der Waals surface area contributed by atoms with Gasteiger partial charge in [-0.15, -0.1) is 0 Å². The van der Waals surface area contributed by atoms with E-state index in [2.05, 4.69) is 4.98 Å². The predicted molar refractivity (Wildman–Crippen MR) is 65.0 cm³/mol. The first-order chi connectivity index (χ1) is 8.15. The average molecular weight is 231 g/mol. The normalized spacial score (nSPS) is 12.4. The Balaban J connectivity index is 2.20. The van der Waals surface area contributed by atoms with E-state index in [1.165, 1.54) is 12.3 Å². The number of halogens is 1. The summed E-state index contributed by atoms with van der Waals surface area (Å²) < 4.78 is 12.7. The second kappa shape index (κ2) is 5.06. The van der Waals surface area contributed by atoms with Crippen molar-refractivity contribution in [3.63, 3.8) is 0 Å². The molecule has 1 aromatic heterocycles. The Morgan fingerprint density at radius 1 is 1.18 bits per heavy atom. The lowest BCUT2D eigenvalue weighted by Gasteiger charge is -2.05. The van der Waals surface area contributed by atoms with Crippen LogP contribution in [-0.4, -0.2) is 16.2 Å². The van der Waals surface area contributed by atoms with Crippen molar-refractivity contribution in [3.8, 4) is 11.3 Å². The Hall–Kier alpha value is -1.74. The molecule has 1 N–H and O–H groups in total. The van der Waals surface area contributed by atoms with Gasteiger partial charge in [-0.2, -0.15) is 0 Å². The van der Waals surface area contributed by atoms with E-state index in [4.69, 9.17) is 0 Å². The number of nitrogens with zero attached hydrogens (tertiary/aromatic N) is 1. The van der Waals surface area contributed by atoms with Crippen LogP contribution in [0, 0.1) is 5.82 Å². The van der Waals surface area contributed by atoms with E-state index in [1.54, 1.807) is 13.0 Å². The molecule has 0 bridgehead atoms. The number of pyridine rings is 1. The van der Waals surface area contributed by atoms with Crippen molar-refractivity contribution in [3.05, 3.63) is 54.0 Å². The number of hydrogen-bond acceptors (Lipinski definition) is 2. The molecule has 0 aliphatic heterocycles. The maximum absolute atomic E-state index is 12.7. The van der Waals surface area contributed by atoms with Gasteiger partial charge in [0.1, 0.15) is 5.82 Å². The third-order valence-electron chi connectivity index (χ3n) is 2.51. The van der Waals surface area contributed by atoms with E-state index < -0.39 is 0 Å². The van der Waals surface area contributed by atoms with Crippen LogP contribution < -0.4 is 0 Å². The van der Waals surface area contributed by atoms with Crippen LogP contribution >= 0.6 is 0 Å². The maximum atomic E-state index is 12.7. The first-order valence-electron chi connectivity index (χ1n) is 5.54. The lowest BCUT2D eigenvalue weighted by molar-refractivity contribution is 0.195. The Kier molecular flexibility index (Phi) is 3.49. The minimum absolute atomic E-state index is 0.334. The fraction of sp³-hybridized carbons (Fsp3) is 0.214. The molecule has 2 aromatic rings. The van der Waals surface area contributed by atoms with Gasteiger partial charge in [0.25, 0.3) is 0 Å². The van der Waals surface area contributed by atoms with Crippen LogP contribution in [0.5, 0.6) is 0 Å². The van der Waals surface area contributed by atoms with Crippen LogP contribution in [0.25, 0.3) is 11.3 Å². The van der Waals surface area contributed by atoms with Gasteiger partial charge in [-0.05, 0) is 31.0 Å². The van der Waals surface area contributed by atoms with Crippen molar-refractivity contribution in [1.29, 1.82) is 0 Å². The Labute approximate surface area is 99.8 Å². The van der Waals surface area contributed by atoms with E-state index in [1.807, 2.05) is 24.3 Å². The van der Waals surface area contributed by atoms with Gasteiger partial charge in [-0.25, -0.2) is 4.39 Å². The molecule has 0 saturated heterocycles. The fourth-order valence-electron chi connectivity index (χ4n) is 1.70. The van der Waals surface area contributed by atoms with Crippen LogP contribution in [0.3, 0.4) is 0 Å². The second-order valence-corrected chi connectivity index (χ2v) is 4.11. The Morgan fingerprint density at radius 3 is 2.41 bits per heavy atom. The number of aromatic nitrogens is 1. The molecule has 1 aromatic carbocycles. The number of benzene rings is 1. The summed E-state index contributed by atoms with van der Waals surface area (Å²) in [6.45, 7) is 1.76. The predicted octanol–water partition coefficient (Wildman–Crippen LogP) is 2.81. The highest BCUT2D eigenvalue weighted by atomic mass is 19.1. The highest BCUT2D eigenvalue weighted by Gasteiger charge is 2.02. The van der Waals surface area contributed by atoms with E-state index >= 15 is 0 Å². The molecule has 17 heavy (non-hydrogen) atoms. The molecule has 0 aliphatic rings. The third-order valence-corrected chi connectivity index (χ3v) is 2.51. The Bertz CT molecular complexity index is 477. The quantitative estimate of drug-likeness (QED) is 0.881. The number of hydrogen-bond donors (Lipinski definition) is 1. The zero-order valence-corrected chi connectivity index (χ0v) is 9.60. The monoisotopic (exact) mass is 231 g/mol. The lowest BCUT2D eigenvalue weighted by atomic mass is 10.0. The number of rotatable bonds is 3. The van der Waals surface area contributed by atoms with Gasteiger partial charge in [-0.1, -0.05) is 24.3 Å². The molecule has 0 radical (unpaired) electrons. The van der Waals surface area contributed by atoms with Crippen LogP contribution in [0.4, 0.5) is 4.39 Å². The second-order valence-electron chi connectivity index (χ2n) is 4.11. The smallest absolute Gasteiger partial charge is 0.141 e. The zero-order valence-electron chi connectivity index (χ0n) is 9.60. The minimum Gasteiger partial charge on any atom is -0.393 e. The SMILES string of the molecule is CC(O)Cc1ccc(-c2ccc(F)cn2)cc1. The first kappa shape index (κ1) is 11.7.